The van der Waals surface area contributed by atoms with E-state index in [0.717, 1.165) is 16.7 Å². The summed E-state index contributed by atoms with van der Waals surface area (Å²) in [6.07, 6.45) is 0. The number of aromatic hydroxyl groups is 2. The molecule has 5 heteroatoms. The molecule has 0 atom stereocenters. The van der Waals surface area contributed by atoms with Crippen LogP contribution >= 0.6 is 15.9 Å². The van der Waals surface area contributed by atoms with E-state index in [1.165, 1.54) is 0 Å². The van der Waals surface area contributed by atoms with Crippen molar-refractivity contribution in [2.45, 2.75) is 13.8 Å². The average Bonchev–Trinajstić information content (AvgIpc) is 2.79. The molecule has 3 rings (SSSR count). The van der Waals surface area contributed by atoms with Gasteiger partial charge in [0.2, 0.25) is 5.89 Å². The number of aromatic nitrogens is 1. The van der Waals surface area contributed by atoms with Gasteiger partial charge in [0.25, 0.3) is 0 Å². The van der Waals surface area contributed by atoms with E-state index in [9.17, 15) is 10.2 Å². The molecule has 0 unspecified atom stereocenters. The van der Waals surface area contributed by atoms with E-state index in [4.69, 9.17) is 4.42 Å². The molecular formula is C15H12BrNO3. The lowest BCUT2D eigenvalue weighted by atomic mass is 10.1. The molecule has 4 nitrogen and oxygen atoms in total. The number of phenolic OH excluding ortho intramolecular Hbond substituents is 2. The molecule has 2 N–H and O–H groups in total. The molecule has 0 aliphatic carbocycles. The van der Waals surface area contributed by atoms with Crippen molar-refractivity contribution < 1.29 is 14.6 Å². The molecule has 1 heterocycles. The smallest absolute Gasteiger partial charge is 0.227 e. The third kappa shape index (κ3) is 2.04. The Morgan fingerprint density at radius 3 is 2.35 bits per heavy atom. The predicted octanol–water partition coefficient (Wildman–Crippen LogP) is 4.29. The van der Waals surface area contributed by atoms with Crippen LogP contribution < -0.4 is 0 Å². The fraction of sp³-hybridized carbons (Fsp3) is 0.133. The zero-order valence-electron chi connectivity index (χ0n) is 10.9. The van der Waals surface area contributed by atoms with Crippen molar-refractivity contribution >= 4 is 27.0 Å². The zero-order chi connectivity index (χ0) is 14.4. The van der Waals surface area contributed by atoms with Gasteiger partial charge in [-0.05, 0) is 59.1 Å². The average molecular weight is 334 g/mol. The Morgan fingerprint density at radius 2 is 1.70 bits per heavy atom. The Morgan fingerprint density at radius 1 is 1.05 bits per heavy atom. The van der Waals surface area contributed by atoms with Crippen molar-refractivity contribution in [3.8, 4) is 23.0 Å². The van der Waals surface area contributed by atoms with Crippen LogP contribution in [0.5, 0.6) is 11.5 Å². The van der Waals surface area contributed by atoms with Crippen LogP contribution in [0, 0.1) is 13.8 Å². The van der Waals surface area contributed by atoms with Crippen LogP contribution in [0.25, 0.3) is 22.6 Å². The summed E-state index contributed by atoms with van der Waals surface area (Å²) >= 11 is 3.34. The minimum atomic E-state index is 0.127. The van der Waals surface area contributed by atoms with Gasteiger partial charge < -0.3 is 14.6 Å². The number of hydrogen-bond acceptors (Lipinski definition) is 4. The highest BCUT2D eigenvalue weighted by Gasteiger charge is 2.14. The largest absolute Gasteiger partial charge is 0.508 e. The second-order valence-corrected chi connectivity index (χ2v) is 5.61. The molecule has 0 spiro atoms. The van der Waals surface area contributed by atoms with E-state index >= 15 is 0 Å². The van der Waals surface area contributed by atoms with Crippen LogP contribution in [0.1, 0.15) is 11.1 Å². The number of halogens is 1. The molecule has 2 aromatic carbocycles. The number of fused-ring (bicyclic) bond motifs is 1. The number of nitrogens with zero attached hydrogens (tertiary/aromatic N) is 1. The number of benzene rings is 2. The Labute approximate surface area is 123 Å². The zero-order valence-corrected chi connectivity index (χ0v) is 12.5. The Hall–Kier alpha value is -2.01. The monoisotopic (exact) mass is 333 g/mol. The van der Waals surface area contributed by atoms with Gasteiger partial charge >= 0.3 is 0 Å². The molecular weight excluding hydrogens is 322 g/mol. The standard InChI is InChI=1S/C15H12BrNO3/c1-7-3-9(4-8(2)13(7)19)15-17-12-6-10(18)5-11(16)14(12)20-15/h3-6,18-19H,1-2H3. The van der Waals surface area contributed by atoms with E-state index in [1.54, 1.807) is 12.1 Å². The highest BCUT2D eigenvalue weighted by Crippen LogP contribution is 2.34. The third-order valence-corrected chi connectivity index (χ3v) is 3.76. The molecule has 20 heavy (non-hydrogen) atoms. The highest BCUT2D eigenvalue weighted by molar-refractivity contribution is 9.10. The second kappa shape index (κ2) is 4.52. The first-order valence-electron chi connectivity index (χ1n) is 6.05. The van der Waals surface area contributed by atoms with Crippen molar-refractivity contribution in [3.63, 3.8) is 0 Å². The van der Waals surface area contributed by atoms with Gasteiger partial charge in [-0.25, -0.2) is 4.98 Å². The van der Waals surface area contributed by atoms with Crippen LogP contribution in [0.3, 0.4) is 0 Å². The molecule has 0 aliphatic rings. The van der Waals surface area contributed by atoms with Gasteiger partial charge in [-0.1, -0.05) is 0 Å². The lowest BCUT2D eigenvalue weighted by Crippen LogP contribution is -1.84. The van der Waals surface area contributed by atoms with Gasteiger partial charge in [0.1, 0.15) is 17.0 Å². The summed E-state index contributed by atoms with van der Waals surface area (Å²) in [5.41, 5.74) is 3.49. The van der Waals surface area contributed by atoms with E-state index < -0.39 is 0 Å². The summed E-state index contributed by atoms with van der Waals surface area (Å²) in [7, 11) is 0. The first-order chi connectivity index (χ1) is 9.45. The van der Waals surface area contributed by atoms with Gasteiger partial charge in [0.05, 0.1) is 4.47 Å². The van der Waals surface area contributed by atoms with Crippen LogP contribution in [-0.4, -0.2) is 15.2 Å². The molecule has 0 saturated carbocycles. The molecule has 0 bridgehead atoms. The van der Waals surface area contributed by atoms with Gasteiger partial charge in [-0.2, -0.15) is 0 Å². The minimum absolute atomic E-state index is 0.127. The molecule has 0 radical (unpaired) electrons. The lowest BCUT2D eigenvalue weighted by Gasteiger charge is -2.04. The van der Waals surface area contributed by atoms with E-state index in [-0.39, 0.29) is 11.5 Å². The molecule has 102 valence electrons. The molecule has 0 aliphatic heterocycles. The molecule has 1 aromatic heterocycles. The first-order valence-corrected chi connectivity index (χ1v) is 6.84. The Kier molecular flexibility index (Phi) is 2.94. The summed E-state index contributed by atoms with van der Waals surface area (Å²) in [5, 5.41) is 19.4. The van der Waals surface area contributed by atoms with Gasteiger partial charge in [0.15, 0.2) is 5.58 Å². The van der Waals surface area contributed by atoms with Crippen molar-refractivity contribution in [2.24, 2.45) is 0 Å². The van der Waals surface area contributed by atoms with Crippen LogP contribution in [0.15, 0.2) is 33.2 Å². The van der Waals surface area contributed by atoms with E-state index in [1.807, 2.05) is 26.0 Å². The van der Waals surface area contributed by atoms with Crippen LogP contribution in [0.2, 0.25) is 0 Å². The van der Waals surface area contributed by atoms with Crippen molar-refractivity contribution in [1.82, 2.24) is 4.98 Å². The fourth-order valence-electron chi connectivity index (χ4n) is 2.18. The van der Waals surface area contributed by atoms with Crippen LogP contribution in [0.4, 0.5) is 0 Å². The summed E-state index contributed by atoms with van der Waals surface area (Å²) in [5.74, 6) is 0.864. The maximum atomic E-state index is 9.81. The van der Waals surface area contributed by atoms with E-state index in [0.29, 0.717) is 21.5 Å². The number of rotatable bonds is 1. The quantitative estimate of drug-likeness (QED) is 0.697. The molecule has 0 saturated heterocycles. The first kappa shape index (κ1) is 13.0. The minimum Gasteiger partial charge on any atom is -0.508 e. The highest BCUT2D eigenvalue weighted by atomic mass is 79.9. The fourth-order valence-corrected chi connectivity index (χ4v) is 2.70. The van der Waals surface area contributed by atoms with Crippen molar-refractivity contribution in [1.29, 1.82) is 0 Å². The molecule has 3 aromatic rings. The Balaban J connectivity index is 2.22. The Bertz CT molecular complexity index is 800. The van der Waals surface area contributed by atoms with Gasteiger partial charge in [-0.3, -0.25) is 0 Å². The predicted molar refractivity (Wildman–Crippen MR) is 79.9 cm³/mol. The number of aryl methyl sites for hydroxylation is 2. The summed E-state index contributed by atoms with van der Waals surface area (Å²) < 4.78 is 6.39. The van der Waals surface area contributed by atoms with Gasteiger partial charge in [0, 0.05) is 11.6 Å². The van der Waals surface area contributed by atoms with Crippen molar-refractivity contribution in [3.05, 3.63) is 39.9 Å². The number of hydrogen-bond donors (Lipinski definition) is 2. The summed E-state index contributed by atoms with van der Waals surface area (Å²) in [6.45, 7) is 3.66. The van der Waals surface area contributed by atoms with Gasteiger partial charge in [-0.15, -0.1) is 0 Å². The van der Waals surface area contributed by atoms with E-state index in [2.05, 4.69) is 20.9 Å². The van der Waals surface area contributed by atoms with Crippen molar-refractivity contribution in [2.75, 3.05) is 0 Å². The molecule has 0 fully saturated rings. The second-order valence-electron chi connectivity index (χ2n) is 4.75. The summed E-state index contributed by atoms with van der Waals surface area (Å²) in [4.78, 5) is 4.38. The summed E-state index contributed by atoms with van der Waals surface area (Å²) in [6, 6.07) is 6.75. The maximum Gasteiger partial charge on any atom is 0.227 e. The maximum absolute atomic E-state index is 9.81. The number of oxazole rings is 1. The SMILES string of the molecule is Cc1cc(-c2nc3cc(O)cc(Br)c3o2)cc(C)c1O. The van der Waals surface area contributed by atoms with Crippen LogP contribution in [-0.2, 0) is 0 Å². The topological polar surface area (TPSA) is 66.5 Å². The molecule has 0 amide bonds. The third-order valence-electron chi connectivity index (χ3n) is 3.17. The normalized spacial score (nSPS) is 11.2. The number of phenols is 2. The lowest BCUT2D eigenvalue weighted by molar-refractivity contribution is 0.467.